The summed E-state index contributed by atoms with van der Waals surface area (Å²) in [5, 5.41) is 3.68. The summed E-state index contributed by atoms with van der Waals surface area (Å²) in [7, 11) is 0. The maximum atomic E-state index is 13.5. The SMILES string of the molecule is O=C(COC(=O)c1c(F)cccc1F)NCCc1c[nH]c2ccccc12. The molecule has 26 heavy (non-hydrogen) atoms. The fourth-order valence-electron chi connectivity index (χ4n) is 2.62. The first-order chi connectivity index (χ1) is 12.6. The Morgan fingerprint density at radius 1 is 1.04 bits per heavy atom. The van der Waals surface area contributed by atoms with Gasteiger partial charge in [-0.25, -0.2) is 13.6 Å². The summed E-state index contributed by atoms with van der Waals surface area (Å²) in [6.45, 7) is -0.271. The number of aromatic amines is 1. The molecule has 0 bridgehead atoms. The van der Waals surface area contributed by atoms with Crippen molar-refractivity contribution >= 4 is 22.8 Å². The third kappa shape index (κ3) is 3.88. The van der Waals surface area contributed by atoms with E-state index in [9.17, 15) is 18.4 Å². The molecule has 0 saturated heterocycles. The zero-order chi connectivity index (χ0) is 18.5. The van der Waals surface area contributed by atoms with E-state index in [-0.39, 0.29) is 0 Å². The van der Waals surface area contributed by atoms with Crippen LogP contribution in [0.1, 0.15) is 15.9 Å². The first kappa shape index (κ1) is 17.6. The van der Waals surface area contributed by atoms with Crippen molar-refractivity contribution in [3.8, 4) is 0 Å². The lowest BCUT2D eigenvalue weighted by Crippen LogP contribution is -2.30. The molecule has 1 heterocycles. The summed E-state index contributed by atoms with van der Waals surface area (Å²) in [5.41, 5.74) is 1.25. The molecule has 5 nitrogen and oxygen atoms in total. The van der Waals surface area contributed by atoms with Gasteiger partial charge in [0.05, 0.1) is 0 Å². The number of carbonyl (C=O) groups is 2. The predicted octanol–water partition coefficient (Wildman–Crippen LogP) is 2.96. The van der Waals surface area contributed by atoms with Gasteiger partial charge in [0.15, 0.2) is 6.61 Å². The van der Waals surface area contributed by atoms with E-state index in [1.165, 1.54) is 0 Å². The molecule has 0 aliphatic carbocycles. The van der Waals surface area contributed by atoms with Crippen molar-refractivity contribution in [1.29, 1.82) is 0 Å². The number of para-hydroxylation sites is 1. The molecule has 0 aliphatic heterocycles. The molecular weight excluding hydrogens is 342 g/mol. The standard InChI is InChI=1S/C19H16F2N2O3/c20-14-5-3-6-15(21)18(14)19(25)26-11-17(24)22-9-8-12-10-23-16-7-2-1-4-13(12)16/h1-7,10,23H,8-9,11H2,(H,22,24). The van der Waals surface area contributed by atoms with Crippen molar-refractivity contribution in [1.82, 2.24) is 10.3 Å². The molecule has 0 unspecified atom stereocenters. The number of aromatic nitrogens is 1. The van der Waals surface area contributed by atoms with Crippen molar-refractivity contribution in [3.63, 3.8) is 0 Å². The van der Waals surface area contributed by atoms with Crippen LogP contribution in [0.25, 0.3) is 10.9 Å². The zero-order valence-corrected chi connectivity index (χ0v) is 13.7. The second kappa shape index (κ2) is 7.77. The molecule has 2 N–H and O–H groups in total. The Labute approximate surface area is 148 Å². The third-order valence-electron chi connectivity index (χ3n) is 3.89. The van der Waals surface area contributed by atoms with Crippen LogP contribution in [-0.4, -0.2) is 30.0 Å². The van der Waals surface area contributed by atoms with Gasteiger partial charge in [-0.1, -0.05) is 24.3 Å². The summed E-state index contributed by atoms with van der Waals surface area (Å²) in [6, 6.07) is 10.8. The fraction of sp³-hybridized carbons (Fsp3) is 0.158. The minimum absolute atomic E-state index is 0.340. The van der Waals surface area contributed by atoms with Gasteiger partial charge in [0, 0.05) is 23.6 Å². The van der Waals surface area contributed by atoms with E-state index >= 15 is 0 Å². The maximum Gasteiger partial charge on any atom is 0.344 e. The number of hydrogen-bond donors (Lipinski definition) is 2. The molecule has 1 amide bonds. The minimum atomic E-state index is -1.22. The van der Waals surface area contributed by atoms with Crippen LogP contribution in [0.5, 0.6) is 0 Å². The van der Waals surface area contributed by atoms with Gasteiger partial charge in [0.2, 0.25) is 0 Å². The smallest absolute Gasteiger partial charge is 0.344 e. The Morgan fingerprint density at radius 3 is 2.54 bits per heavy atom. The van der Waals surface area contributed by atoms with E-state index in [0.717, 1.165) is 34.7 Å². The molecule has 1 aromatic heterocycles. The minimum Gasteiger partial charge on any atom is -0.452 e. The van der Waals surface area contributed by atoms with Gasteiger partial charge < -0.3 is 15.0 Å². The number of halogens is 2. The topological polar surface area (TPSA) is 71.2 Å². The average molecular weight is 358 g/mol. The van der Waals surface area contributed by atoms with Gasteiger partial charge >= 0.3 is 5.97 Å². The van der Waals surface area contributed by atoms with Gasteiger partial charge in [-0.15, -0.1) is 0 Å². The van der Waals surface area contributed by atoms with Crippen LogP contribution in [0.4, 0.5) is 8.78 Å². The van der Waals surface area contributed by atoms with Crippen LogP contribution in [0.15, 0.2) is 48.7 Å². The molecule has 2 aromatic carbocycles. The molecule has 3 aromatic rings. The zero-order valence-electron chi connectivity index (χ0n) is 13.7. The molecule has 0 radical (unpaired) electrons. The maximum absolute atomic E-state index is 13.5. The third-order valence-corrected chi connectivity index (χ3v) is 3.89. The van der Waals surface area contributed by atoms with E-state index in [0.29, 0.717) is 13.0 Å². The van der Waals surface area contributed by atoms with E-state index < -0.39 is 35.7 Å². The van der Waals surface area contributed by atoms with Gasteiger partial charge in [0.25, 0.3) is 5.91 Å². The van der Waals surface area contributed by atoms with Crippen LogP contribution in [0.2, 0.25) is 0 Å². The van der Waals surface area contributed by atoms with E-state index in [2.05, 4.69) is 15.0 Å². The molecule has 0 atom stereocenters. The highest BCUT2D eigenvalue weighted by Gasteiger charge is 2.19. The molecule has 0 spiro atoms. The van der Waals surface area contributed by atoms with Gasteiger partial charge in [0.1, 0.15) is 17.2 Å². The average Bonchev–Trinajstić information content (AvgIpc) is 3.03. The molecule has 134 valence electrons. The number of benzene rings is 2. The monoisotopic (exact) mass is 358 g/mol. The molecule has 7 heteroatoms. The summed E-state index contributed by atoms with van der Waals surface area (Å²) >= 11 is 0. The van der Waals surface area contributed by atoms with Gasteiger partial charge in [-0.3, -0.25) is 4.79 Å². The Morgan fingerprint density at radius 2 is 1.77 bits per heavy atom. The van der Waals surface area contributed by atoms with Crippen LogP contribution >= 0.6 is 0 Å². The molecule has 0 saturated carbocycles. The van der Waals surface area contributed by atoms with Crippen molar-refractivity contribution < 1.29 is 23.1 Å². The summed E-state index contributed by atoms with van der Waals surface area (Å²) in [4.78, 5) is 26.6. The highest BCUT2D eigenvalue weighted by atomic mass is 19.1. The molecule has 0 aliphatic rings. The summed E-state index contributed by atoms with van der Waals surface area (Å²) in [5.74, 6) is -3.83. The number of hydrogen-bond acceptors (Lipinski definition) is 3. The molecule has 0 fully saturated rings. The fourth-order valence-corrected chi connectivity index (χ4v) is 2.62. The van der Waals surface area contributed by atoms with Crippen LogP contribution in [0.3, 0.4) is 0 Å². The quantitative estimate of drug-likeness (QED) is 0.666. The Hall–Kier alpha value is -3.22. The predicted molar refractivity (Wildman–Crippen MR) is 91.7 cm³/mol. The lowest BCUT2D eigenvalue weighted by atomic mass is 10.1. The number of fused-ring (bicyclic) bond motifs is 1. The van der Waals surface area contributed by atoms with Crippen molar-refractivity contribution in [2.45, 2.75) is 6.42 Å². The lowest BCUT2D eigenvalue weighted by Gasteiger charge is -2.07. The van der Waals surface area contributed by atoms with Crippen molar-refractivity contribution in [2.75, 3.05) is 13.2 Å². The Kier molecular flexibility index (Phi) is 5.26. The summed E-state index contributed by atoms with van der Waals surface area (Å²) < 4.78 is 31.6. The Balaban J connectivity index is 1.48. The van der Waals surface area contributed by atoms with Gasteiger partial charge in [-0.05, 0) is 30.2 Å². The summed E-state index contributed by atoms with van der Waals surface area (Å²) in [6.07, 6.45) is 2.46. The first-order valence-corrected chi connectivity index (χ1v) is 7.99. The number of esters is 1. The molecular formula is C19H16F2N2O3. The largest absolute Gasteiger partial charge is 0.452 e. The lowest BCUT2D eigenvalue weighted by molar-refractivity contribution is -0.124. The van der Waals surface area contributed by atoms with E-state index in [1.54, 1.807) is 0 Å². The van der Waals surface area contributed by atoms with Crippen LogP contribution < -0.4 is 5.32 Å². The highest BCUT2D eigenvalue weighted by molar-refractivity contribution is 5.91. The Bertz CT molecular complexity index is 933. The van der Waals surface area contributed by atoms with E-state index in [1.807, 2.05) is 30.5 Å². The molecule has 3 rings (SSSR count). The number of ether oxygens (including phenoxy) is 1. The number of amides is 1. The van der Waals surface area contributed by atoms with Crippen molar-refractivity contribution in [2.24, 2.45) is 0 Å². The van der Waals surface area contributed by atoms with Gasteiger partial charge in [-0.2, -0.15) is 0 Å². The van der Waals surface area contributed by atoms with Crippen LogP contribution in [-0.2, 0) is 16.0 Å². The highest BCUT2D eigenvalue weighted by Crippen LogP contribution is 2.17. The second-order valence-corrected chi connectivity index (χ2v) is 5.63. The van der Waals surface area contributed by atoms with Crippen LogP contribution in [0, 0.1) is 11.6 Å². The van der Waals surface area contributed by atoms with E-state index in [4.69, 9.17) is 0 Å². The normalized spacial score (nSPS) is 10.7. The number of nitrogens with one attached hydrogen (secondary N) is 2. The number of rotatable bonds is 6. The van der Waals surface area contributed by atoms with Crippen molar-refractivity contribution in [3.05, 3.63) is 71.4 Å². The second-order valence-electron chi connectivity index (χ2n) is 5.63. The first-order valence-electron chi connectivity index (χ1n) is 7.99. The number of H-pyrrole nitrogens is 1. The number of carbonyl (C=O) groups excluding carboxylic acids is 2.